The second-order valence-corrected chi connectivity index (χ2v) is 6.32. The topological polar surface area (TPSA) is 85.3 Å². The van der Waals surface area contributed by atoms with Gasteiger partial charge >= 0.3 is 5.97 Å². The summed E-state index contributed by atoms with van der Waals surface area (Å²) in [6.07, 6.45) is 0.414. The minimum absolute atomic E-state index is 0.161. The summed E-state index contributed by atoms with van der Waals surface area (Å²) in [4.78, 5) is 15.0. The number of carboxylic acids is 1. The van der Waals surface area contributed by atoms with Crippen LogP contribution in [0.15, 0.2) is 42.5 Å². The van der Waals surface area contributed by atoms with Crippen LogP contribution in [0.2, 0.25) is 0 Å². The molecule has 2 atom stereocenters. The lowest BCUT2D eigenvalue weighted by atomic mass is 9.89. The van der Waals surface area contributed by atoms with Crippen molar-refractivity contribution in [2.45, 2.75) is 25.4 Å². The molecule has 122 valence electrons. The molecule has 4 rings (SSSR count). The van der Waals surface area contributed by atoms with E-state index in [1.165, 1.54) is 0 Å². The number of rotatable bonds is 2. The molecule has 1 aliphatic rings. The Labute approximate surface area is 138 Å². The van der Waals surface area contributed by atoms with Crippen LogP contribution in [-0.4, -0.2) is 27.2 Å². The van der Waals surface area contributed by atoms with E-state index in [1.807, 2.05) is 43.3 Å². The normalized spacial score (nSPS) is 20.0. The zero-order valence-corrected chi connectivity index (χ0v) is 13.2. The molecule has 4 N–H and O–H groups in total. The lowest BCUT2D eigenvalue weighted by Crippen LogP contribution is -2.45. The van der Waals surface area contributed by atoms with Gasteiger partial charge in [-0.15, -0.1) is 0 Å². The monoisotopic (exact) mass is 322 g/mol. The number of aliphatic carboxylic acids is 1. The number of benzene rings is 2. The Kier molecular flexibility index (Phi) is 3.32. The number of para-hydroxylation sites is 1. The maximum absolute atomic E-state index is 11.6. The molecule has 24 heavy (non-hydrogen) atoms. The summed E-state index contributed by atoms with van der Waals surface area (Å²) in [7, 11) is 0. The average Bonchev–Trinajstić information content (AvgIpc) is 2.95. The maximum Gasteiger partial charge on any atom is 0.321 e. The average molecular weight is 322 g/mol. The molecule has 2 heterocycles. The van der Waals surface area contributed by atoms with E-state index >= 15 is 0 Å². The predicted octanol–water partition coefficient (Wildman–Crippen LogP) is 2.87. The third-order valence-electron chi connectivity index (χ3n) is 4.70. The number of carbonyl (C=O) groups is 1. The molecule has 0 radical (unpaired) electrons. The van der Waals surface area contributed by atoms with Gasteiger partial charge in [-0.3, -0.25) is 10.1 Å². The van der Waals surface area contributed by atoms with Crippen LogP contribution in [0.3, 0.4) is 0 Å². The number of hydrogen-bond donors (Lipinski definition) is 4. The van der Waals surface area contributed by atoms with Crippen LogP contribution in [-0.2, 0) is 11.2 Å². The Morgan fingerprint density at radius 3 is 2.79 bits per heavy atom. The van der Waals surface area contributed by atoms with Crippen LogP contribution in [0.4, 0.5) is 0 Å². The van der Waals surface area contributed by atoms with E-state index in [9.17, 15) is 15.0 Å². The first-order valence-corrected chi connectivity index (χ1v) is 7.92. The number of carboxylic acid groups (broad SMARTS) is 1. The van der Waals surface area contributed by atoms with Gasteiger partial charge in [0.1, 0.15) is 11.8 Å². The molecule has 1 aliphatic heterocycles. The van der Waals surface area contributed by atoms with Gasteiger partial charge in [0, 0.05) is 28.6 Å². The van der Waals surface area contributed by atoms with Crippen molar-refractivity contribution in [2.24, 2.45) is 0 Å². The Hall–Kier alpha value is -2.79. The molecule has 1 aromatic heterocycles. The fourth-order valence-electron chi connectivity index (χ4n) is 3.54. The first-order valence-electron chi connectivity index (χ1n) is 7.92. The summed E-state index contributed by atoms with van der Waals surface area (Å²) in [6.45, 7) is 1.95. The molecule has 2 aromatic carbocycles. The highest BCUT2D eigenvalue weighted by atomic mass is 16.4. The highest BCUT2D eigenvalue weighted by molar-refractivity contribution is 5.87. The zero-order chi connectivity index (χ0) is 16.8. The summed E-state index contributed by atoms with van der Waals surface area (Å²) < 4.78 is 0. The van der Waals surface area contributed by atoms with E-state index in [-0.39, 0.29) is 11.8 Å². The second kappa shape index (κ2) is 5.39. The van der Waals surface area contributed by atoms with E-state index in [1.54, 1.807) is 6.07 Å². The van der Waals surface area contributed by atoms with Gasteiger partial charge in [-0.05, 0) is 24.6 Å². The SMILES string of the molecule is Cc1ccc(O)c([C@@H]2N[C@@H](C(=O)O)Cc3c2[nH]c2ccccc32)c1. The van der Waals surface area contributed by atoms with Gasteiger partial charge in [-0.2, -0.15) is 0 Å². The number of aryl methyl sites for hydroxylation is 1. The quantitative estimate of drug-likeness (QED) is 0.584. The van der Waals surface area contributed by atoms with Gasteiger partial charge in [-0.1, -0.05) is 35.9 Å². The standard InChI is InChI=1S/C19H18N2O3/c1-10-6-7-16(22)13(8-10)18-17-12(9-15(21-18)19(23)24)11-4-2-3-5-14(11)20-17/h2-8,15,18,20-22H,9H2,1H3,(H,23,24)/t15-,18+/m1/s1. The minimum atomic E-state index is -0.886. The van der Waals surface area contributed by atoms with Crippen molar-refractivity contribution in [3.8, 4) is 5.75 Å². The van der Waals surface area contributed by atoms with Crippen LogP contribution < -0.4 is 5.32 Å². The number of hydrogen-bond acceptors (Lipinski definition) is 3. The molecule has 0 unspecified atom stereocenters. The number of aromatic hydroxyl groups is 1. The van der Waals surface area contributed by atoms with Gasteiger partial charge in [0.2, 0.25) is 0 Å². The van der Waals surface area contributed by atoms with Crippen molar-refractivity contribution < 1.29 is 15.0 Å². The summed E-state index contributed by atoms with van der Waals surface area (Å²) in [5, 5.41) is 24.0. The zero-order valence-electron chi connectivity index (χ0n) is 13.2. The number of phenols is 1. The smallest absolute Gasteiger partial charge is 0.321 e. The van der Waals surface area contributed by atoms with Gasteiger partial charge < -0.3 is 15.2 Å². The van der Waals surface area contributed by atoms with Crippen LogP contribution in [0, 0.1) is 6.92 Å². The molecule has 5 heteroatoms. The Morgan fingerprint density at radius 1 is 1.21 bits per heavy atom. The number of fused-ring (bicyclic) bond motifs is 3. The molecule has 3 aromatic rings. The third kappa shape index (κ3) is 2.25. The lowest BCUT2D eigenvalue weighted by Gasteiger charge is -2.30. The van der Waals surface area contributed by atoms with E-state index < -0.39 is 12.0 Å². The van der Waals surface area contributed by atoms with Gasteiger partial charge in [0.05, 0.1) is 6.04 Å². The Balaban J connectivity index is 1.94. The largest absolute Gasteiger partial charge is 0.508 e. The Morgan fingerprint density at radius 2 is 2.00 bits per heavy atom. The number of aromatic amines is 1. The molecular weight excluding hydrogens is 304 g/mol. The number of phenolic OH excluding ortho intramolecular Hbond substituents is 1. The van der Waals surface area contributed by atoms with Crippen molar-refractivity contribution >= 4 is 16.9 Å². The van der Waals surface area contributed by atoms with Gasteiger partial charge in [-0.25, -0.2) is 0 Å². The Bertz CT molecular complexity index is 945. The summed E-state index contributed by atoms with van der Waals surface area (Å²) in [5.41, 5.74) is 4.61. The molecule has 0 saturated heterocycles. The molecule has 0 spiro atoms. The lowest BCUT2D eigenvalue weighted by molar-refractivity contribution is -0.139. The maximum atomic E-state index is 11.6. The number of aromatic nitrogens is 1. The van der Waals surface area contributed by atoms with E-state index in [2.05, 4.69) is 10.3 Å². The third-order valence-corrected chi connectivity index (χ3v) is 4.70. The molecule has 0 saturated carbocycles. The van der Waals surface area contributed by atoms with Crippen molar-refractivity contribution in [1.82, 2.24) is 10.3 Å². The van der Waals surface area contributed by atoms with E-state index in [0.717, 1.165) is 27.7 Å². The number of nitrogens with one attached hydrogen (secondary N) is 2. The first kappa shape index (κ1) is 14.8. The second-order valence-electron chi connectivity index (χ2n) is 6.32. The molecule has 0 aliphatic carbocycles. The van der Waals surface area contributed by atoms with Crippen molar-refractivity contribution in [3.63, 3.8) is 0 Å². The highest BCUT2D eigenvalue weighted by Crippen LogP contribution is 2.38. The van der Waals surface area contributed by atoms with Crippen LogP contribution >= 0.6 is 0 Å². The summed E-state index contributed by atoms with van der Waals surface area (Å²) in [5.74, 6) is -0.725. The summed E-state index contributed by atoms with van der Waals surface area (Å²) in [6, 6.07) is 12.2. The molecule has 0 fully saturated rings. The molecule has 5 nitrogen and oxygen atoms in total. The van der Waals surface area contributed by atoms with E-state index in [0.29, 0.717) is 12.0 Å². The van der Waals surface area contributed by atoms with Crippen LogP contribution in [0.5, 0.6) is 5.75 Å². The predicted molar refractivity (Wildman–Crippen MR) is 91.2 cm³/mol. The fraction of sp³-hybridized carbons (Fsp3) is 0.211. The van der Waals surface area contributed by atoms with Crippen LogP contribution in [0.25, 0.3) is 10.9 Å². The number of H-pyrrole nitrogens is 1. The first-order chi connectivity index (χ1) is 11.5. The van der Waals surface area contributed by atoms with Crippen molar-refractivity contribution in [3.05, 3.63) is 64.8 Å². The molecule has 0 amide bonds. The molecular formula is C19H18N2O3. The summed E-state index contributed by atoms with van der Waals surface area (Å²) >= 11 is 0. The molecule has 0 bridgehead atoms. The van der Waals surface area contributed by atoms with Crippen molar-refractivity contribution in [1.29, 1.82) is 0 Å². The van der Waals surface area contributed by atoms with Crippen molar-refractivity contribution in [2.75, 3.05) is 0 Å². The van der Waals surface area contributed by atoms with Gasteiger partial charge in [0.25, 0.3) is 0 Å². The minimum Gasteiger partial charge on any atom is -0.508 e. The highest BCUT2D eigenvalue weighted by Gasteiger charge is 2.34. The van der Waals surface area contributed by atoms with E-state index in [4.69, 9.17) is 0 Å². The van der Waals surface area contributed by atoms with Crippen LogP contribution in [0.1, 0.15) is 28.4 Å². The fourth-order valence-corrected chi connectivity index (χ4v) is 3.54. The van der Waals surface area contributed by atoms with Gasteiger partial charge in [0.15, 0.2) is 0 Å².